The Morgan fingerprint density at radius 3 is 2.59 bits per heavy atom. The van der Waals surface area contributed by atoms with Crippen LogP contribution in [0.25, 0.3) is 22.4 Å². The Labute approximate surface area is 257 Å². The maximum atomic E-state index is 12.9. The molecule has 15 heteroatoms. The molecule has 0 bridgehead atoms. The summed E-state index contributed by atoms with van der Waals surface area (Å²) in [6, 6.07) is 6.27. The molecule has 1 aliphatic heterocycles. The third-order valence-electron chi connectivity index (χ3n) is 6.87. The fourth-order valence-electron chi connectivity index (χ4n) is 5.09. The highest BCUT2D eigenvalue weighted by molar-refractivity contribution is 7.85. The third kappa shape index (κ3) is 8.21. The molecule has 1 saturated heterocycles. The molecule has 3 atom stereocenters. The van der Waals surface area contributed by atoms with Gasteiger partial charge < -0.3 is 24.1 Å². The molecular formula is C29H40N6O8S. The Bertz CT molecular complexity index is 1600. The van der Waals surface area contributed by atoms with Crippen molar-refractivity contribution in [3.8, 4) is 11.3 Å². The molecule has 4 heterocycles. The fraction of sp³-hybridized carbons (Fsp3) is 0.552. The molecule has 1 fully saturated rings. The summed E-state index contributed by atoms with van der Waals surface area (Å²) in [4.78, 5) is 40.7. The molecule has 240 valence electrons. The number of imidazole rings is 1. The number of ether oxygens (including phenoxy) is 3. The number of anilines is 1. The van der Waals surface area contributed by atoms with E-state index in [0.717, 1.165) is 11.8 Å². The van der Waals surface area contributed by atoms with Crippen molar-refractivity contribution in [2.75, 3.05) is 38.4 Å². The summed E-state index contributed by atoms with van der Waals surface area (Å²) in [5, 5.41) is 3.36. The first kappa shape index (κ1) is 33.1. The monoisotopic (exact) mass is 632 g/mol. The minimum absolute atomic E-state index is 0.146. The van der Waals surface area contributed by atoms with Crippen LogP contribution in [-0.2, 0) is 39.9 Å². The van der Waals surface area contributed by atoms with Crippen LogP contribution in [0, 0.1) is 6.92 Å². The first-order valence-corrected chi connectivity index (χ1v) is 16.1. The highest BCUT2D eigenvalue weighted by Gasteiger charge is 2.42. The second-order valence-corrected chi connectivity index (χ2v) is 13.2. The second-order valence-electron chi connectivity index (χ2n) is 11.5. The van der Waals surface area contributed by atoms with Crippen LogP contribution in [0.15, 0.2) is 30.5 Å². The van der Waals surface area contributed by atoms with E-state index >= 15 is 0 Å². The Hall–Kier alpha value is -3.82. The zero-order chi connectivity index (χ0) is 32.2. The van der Waals surface area contributed by atoms with Gasteiger partial charge in [0.05, 0.1) is 37.7 Å². The number of aryl methyl sites for hydroxylation is 1. The van der Waals surface area contributed by atoms with E-state index in [4.69, 9.17) is 23.4 Å². The highest BCUT2D eigenvalue weighted by Crippen LogP contribution is 2.30. The van der Waals surface area contributed by atoms with Crippen LogP contribution in [0.5, 0.6) is 0 Å². The van der Waals surface area contributed by atoms with Gasteiger partial charge in [-0.2, -0.15) is 8.42 Å². The van der Waals surface area contributed by atoms with Gasteiger partial charge in [-0.25, -0.2) is 24.5 Å². The lowest BCUT2D eigenvalue weighted by Gasteiger charge is -2.27. The predicted molar refractivity (Wildman–Crippen MR) is 162 cm³/mol. The molecule has 0 spiro atoms. The Kier molecular flexibility index (Phi) is 10.1. The van der Waals surface area contributed by atoms with Crippen molar-refractivity contribution in [1.82, 2.24) is 24.4 Å². The number of fused-ring (bicyclic) bond motifs is 1. The lowest BCUT2D eigenvalue weighted by Crippen LogP contribution is -2.44. The SMILES string of the molecule is CCOC(COS(C)(=O)=O)Cn1c(C)nc2nccc(-c3cccc(N[C@H]4C[C@@H](C(=O)OC)N(C(=O)OC(C)(C)C)C4)n3)c21. The van der Waals surface area contributed by atoms with E-state index in [9.17, 15) is 18.0 Å². The average Bonchev–Trinajstić information content (AvgIpc) is 3.50. The van der Waals surface area contributed by atoms with Gasteiger partial charge in [-0.15, -0.1) is 0 Å². The Balaban J connectivity index is 1.61. The molecule has 1 unspecified atom stereocenters. The van der Waals surface area contributed by atoms with Crippen LogP contribution in [0.4, 0.5) is 10.6 Å². The van der Waals surface area contributed by atoms with E-state index < -0.39 is 39.9 Å². The number of likely N-dealkylation sites (tertiary alicyclic amines) is 1. The van der Waals surface area contributed by atoms with Gasteiger partial charge in [-0.05, 0) is 52.8 Å². The molecule has 1 aliphatic rings. The maximum Gasteiger partial charge on any atom is 0.411 e. The van der Waals surface area contributed by atoms with Crippen LogP contribution in [0.3, 0.4) is 0 Å². The normalized spacial score (nSPS) is 17.9. The molecule has 0 saturated carbocycles. The number of pyridine rings is 2. The van der Waals surface area contributed by atoms with Gasteiger partial charge in [0.15, 0.2) is 5.65 Å². The van der Waals surface area contributed by atoms with Crippen LogP contribution >= 0.6 is 0 Å². The molecule has 1 N–H and O–H groups in total. The number of aromatic nitrogens is 4. The molecule has 1 amide bonds. The van der Waals surface area contributed by atoms with Gasteiger partial charge in [-0.1, -0.05) is 6.07 Å². The fourth-order valence-corrected chi connectivity index (χ4v) is 5.48. The van der Waals surface area contributed by atoms with Crippen molar-refractivity contribution < 1.29 is 36.4 Å². The number of nitrogens with zero attached hydrogens (tertiary/aromatic N) is 5. The zero-order valence-electron chi connectivity index (χ0n) is 26.1. The van der Waals surface area contributed by atoms with E-state index in [0.29, 0.717) is 41.5 Å². The number of nitrogens with one attached hydrogen (secondary N) is 1. The largest absolute Gasteiger partial charge is 0.467 e. The van der Waals surface area contributed by atoms with Gasteiger partial charge in [-0.3, -0.25) is 9.08 Å². The summed E-state index contributed by atoms with van der Waals surface area (Å²) >= 11 is 0. The summed E-state index contributed by atoms with van der Waals surface area (Å²) in [6.07, 6.45) is 1.82. The molecule has 0 aliphatic carbocycles. The van der Waals surface area contributed by atoms with Crippen LogP contribution in [0.2, 0.25) is 0 Å². The molecule has 3 aromatic rings. The molecule has 14 nitrogen and oxygen atoms in total. The summed E-state index contributed by atoms with van der Waals surface area (Å²) in [7, 11) is -2.36. The Morgan fingerprint density at radius 1 is 1.18 bits per heavy atom. The molecular weight excluding hydrogens is 592 g/mol. The molecule has 3 aromatic heterocycles. The molecule has 0 aromatic carbocycles. The summed E-state index contributed by atoms with van der Waals surface area (Å²) in [5.41, 5.74) is 1.89. The number of rotatable bonds is 11. The smallest absolute Gasteiger partial charge is 0.411 e. The van der Waals surface area contributed by atoms with Crippen molar-refractivity contribution in [3.63, 3.8) is 0 Å². The van der Waals surface area contributed by atoms with Gasteiger partial charge in [0.2, 0.25) is 0 Å². The lowest BCUT2D eigenvalue weighted by molar-refractivity contribution is -0.145. The number of esters is 1. The van der Waals surface area contributed by atoms with E-state index in [1.54, 1.807) is 33.0 Å². The second kappa shape index (κ2) is 13.4. The average molecular weight is 633 g/mol. The summed E-state index contributed by atoms with van der Waals surface area (Å²) < 4.78 is 46.5. The maximum absolute atomic E-state index is 12.9. The minimum Gasteiger partial charge on any atom is -0.467 e. The van der Waals surface area contributed by atoms with Crippen molar-refractivity contribution in [2.24, 2.45) is 0 Å². The van der Waals surface area contributed by atoms with E-state index in [-0.39, 0.29) is 25.7 Å². The first-order valence-electron chi connectivity index (χ1n) is 14.3. The van der Waals surface area contributed by atoms with Crippen molar-refractivity contribution in [1.29, 1.82) is 0 Å². The van der Waals surface area contributed by atoms with Crippen molar-refractivity contribution in [2.45, 2.75) is 71.4 Å². The zero-order valence-corrected chi connectivity index (χ0v) is 26.9. The predicted octanol–water partition coefficient (Wildman–Crippen LogP) is 3.15. The van der Waals surface area contributed by atoms with Gasteiger partial charge in [0, 0.05) is 37.4 Å². The first-order chi connectivity index (χ1) is 20.7. The standard InChI is InChI=1S/C29H40N6O8S/c1-8-41-20(17-42-44(7,38)39)16-34-18(2)31-26-25(34)21(12-13-30-26)22-10-9-11-24(33-22)32-19-14-23(27(36)40-6)35(15-19)28(37)43-29(3,4)5/h9-13,19-20,23H,8,14-17H2,1-7H3,(H,32,33)/t19-,20?,23-/m0/s1. The minimum atomic E-state index is -3.65. The number of methoxy groups -OCH3 is 1. The van der Waals surface area contributed by atoms with Gasteiger partial charge in [0.25, 0.3) is 10.1 Å². The van der Waals surface area contributed by atoms with Crippen molar-refractivity contribution >= 4 is 39.2 Å². The summed E-state index contributed by atoms with van der Waals surface area (Å²) in [5.74, 6) is 0.695. The van der Waals surface area contributed by atoms with Gasteiger partial charge >= 0.3 is 12.1 Å². The molecule has 0 radical (unpaired) electrons. The number of amides is 1. The number of carbonyl (C=O) groups is 2. The quantitative estimate of drug-likeness (QED) is 0.243. The third-order valence-corrected chi connectivity index (χ3v) is 7.43. The topological polar surface area (TPSA) is 164 Å². The Morgan fingerprint density at radius 2 is 1.93 bits per heavy atom. The lowest BCUT2D eigenvalue weighted by atomic mass is 10.1. The highest BCUT2D eigenvalue weighted by atomic mass is 32.2. The van der Waals surface area contributed by atoms with Crippen LogP contribution in [0.1, 0.15) is 39.9 Å². The number of hydrogen-bond acceptors (Lipinski definition) is 12. The van der Waals surface area contributed by atoms with E-state index in [1.807, 2.05) is 36.6 Å². The van der Waals surface area contributed by atoms with Crippen molar-refractivity contribution in [3.05, 3.63) is 36.3 Å². The van der Waals surface area contributed by atoms with E-state index in [1.165, 1.54) is 12.0 Å². The van der Waals surface area contributed by atoms with E-state index in [2.05, 4.69) is 15.3 Å². The summed E-state index contributed by atoms with van der Waals surface area (Å²) in [6.45, 7) is 9.69. The molecule has 4 rings (SSSR count). The molecule has 44 heavy (non-hydrogen) atoms. The number of hydrogen-bond donors (Lipinski definition) is 1. The number of carbonyl (C=O) groups excluding carboxylic acids is 2. The van der Waals surface area contributed by atoms with Gasteiger partial charge in [0.1, 0.15) is 29.4 Å². The van der Waals surface area contributed by atoms with Crippen LogP contribution < -0.4 is 5.32 Å². The van der Waals surface area contributed by atoms with Crippen LogP contribution in [-0.4, -0.2) is 102 Å².